The Morgan fingerprint density at radius 1 is 0.906 bits per heavy atom. The van der Waals surface area contributed by atoms with Gasteiger partial charge >= 0.3 is 0 Å². The highest BCUT2D eigenvalue weighted by atomic mass is 32.2. The van der Waals surface area contributed by atoms with Crippen molar-refractivity contribution in [3.05, 3.63) is 66.2 Å². The third-order valence-electron chi connectivity index (χ3n) is 5.87. The Bertz CT molecular complexity index is 1040. The highest BCUT2D eigenvalue weighted by Crippen LogP contribution is 2.24. The van der Waals surface area contributed by atoms with E-state index in [9.17, 15) is 16.8 Å². The van der Waals surface area contributed by atoms with Gasteiger partial charge in [0.05, 0.1) is 11.2 Å². The lowest BCUT2D eigenvalue weighted by molar-refractivity contribution is 0.200. The molecule has 1 heterocycles. The minimum atomic E-state index is -3.51. The summed E-state index contributed by atoms with van der Waals surface area (Å²) < 4.78 is 53.4. The van der Waals surface area contributed by atoms with E-state index in [1.54, 1.807) is 30.3 Å². The number of likely N-dealkylation sites (tertiary alicyclic amines) is 1. The Labute approximate surface area is 192 Å². The van der Waals surface area contributed by atoms with Crippen LogP contribution in [0.3, 0.4) is 0 Å². The van der Waals surface area contributed by atoms with Gasteiger partial charge in [-0.05, 0) is 68.9 Å². The molecule has 0 radical (unpaired) electrons. The summed E-state index contributed by atoms with van der Waals surface area (Å²) in [6.45, 7) is 2.98. The van der Waals surface area contributed by atoms with Crippen LogP contribution in [0, 0.1) is 0 Å². The molecule has 1 aliphatic heterocycles. The van der Waals surface area contributed by atoms with E-state index in [0.29, 0.717) is 13.0 Å². The van der Waals surface area contributed by atoms with Crippen molar-refractivity contribution in [3.8, 4) is 0 Å². The zero-order valence-corrected chi connectivity index (χ0v) is 20.1. The molecule has 3 rings (SSSR count). The van der Waals surface area contributed by atoms with E-state index in [4.69, 9.17) is 0 Å². The smallest absolute Gasteiger partial charge is 0.240 e. The van der Waals surface area contributed by atoms with Crippen molar-refractivity contribution < 1.29 is 16.8 Å². The maximum absolute atomic E-state index is 12.5. The van der Waals surface area contributed by atoms with Gasteiger partial charge in [0.1, 0.15) is 0 Å². The standard InChI is InChI=1S/C23H33N3O4S2/c1-31(27,28)25-22-14-18-26(19-15-22)17-13-21(20-8-4-2-5-9-20)12-16-24-32(29,30)23-10-6-3-7-11-23/h2-11,21-22,24-25H,12-19H2,1H3. The van der Waals surface area contributed by atoms with E-state index >= 15 is 0 Å². The van der Waals surface area contributed by atoms with Crippen LogP contribution >= 0.6 is 0 Å². The molecule has 1 atom stereocenters. The molecule has 1 unspecified atom stereocenters. The van der Waals surface area contributed by atoms with Crippen LogP contribution in [-0.4, -0.2) is 60.2 Å². The molecule has 0 saturated carbocycles. The van der Waals surface area contributed by atoms with E-state index in [-0.39, 0.29) is 16.9 Å². The van der Waals surface area contributed by atoms with Crippen molar-refractivity contribution in [2.45, 2.75) is 42.5 Å². The summed E-state index contributed by atoms with van der Waals surface area (Å²) in [4.78, 5) is 2.65. The molecule has 2 N–H and O–H groups in total. The lowest BCUT2D eigenvalue weighted by Crippen LogP contribution is -2.44. The molecule has 0 amide bonds. The Morgan fingerprint density at radius 2 is 1.50 bits per heavy atom. The number of nitrogens with zero attached hydrogens (tertiary/aromatic N) is 1. The average molecular weight is 480 g/mol. The van der Waals surface area contributed by atoms with Crippen LogP contribution < -0.4 is 9.44 Å². The first kappa shape index (κ1) is 24.9. The predicted molar refractivity (Wildman–Crippen MR) is 127 cm³/mol. The monoisotopic (exact) mass is 479 g/mol. The highest BCUT2D eigenvalue weighted by Gasteiger charge is 2.23. The second kappa shape index (κ2) is 11.4. The summed E-state index contributed by atoms with van der Waals surface area (Å²) in [5.74, 6) is 0.238. The maximum Gasteiger partial charge on any atom is 0.240 e. The lowest BCUT2D eigenvalue weighted by Gasteiger charge is -2.33. The van der Waals surface area contributed by atoms with Gasteiger partial charge in [-0.25, -0.2) is 26.3 Å². The number of sulfonamides is 2. The minimum Gasteiger partial charge on any atom is -0.303 e. The highest BCUT2D eigenvalue weighted by molar-refractivity contribution is 7.89. The average Bonchev–Trinajstić information content (AvgIpc) is 2.77. The summed E-state index contributed by atoms with van der Waals surface area (Å²) in [6.07, 6.45) is 4.44. The van der Waals surface area contributed by atoms with Crippen LogP contribution in [0.2, 0.25) is 0 Å². The van der Waals surface area contributed by atoms with Crippen LogP contribution in [0.5, 0.6) is 0 Å². The first-order chi connectivity index (χ1) is 15.2. The lowest BCUT2D eigenvalue weighted by atomic mass is 9.92. The first-order valence-electron chi connectivity index (χ1n) is 11.0. The fourth-order valence-electron chi connectivity index (χ4n) is 4.17. The zero-order chi connectivity index (χ0) is 23.0. The third-order valence-corrected chi connectivity index (χ3v) is 8.11. The van der Waals surface area contributed by atoms with Gasteiger partial charge in [-0.15, -0.1) is 0 Å². The molecule has 0 bridgehead atoms. The second-order valence-electron chi connectivity index (χ2n) is 8.40. The van der Waals surface area contributed by atoms with E-state index in [2.05, 4.69) is 26.5 Å². The fraction of sp³-hybridized carbons (Fsp3) is 0.478. The Morgan fingerprint density at radius 3 is 2.09 bits per heavy atom. The van der Waals surface area contributed by atoms with Crippen LogP contribution in [0.25, 0.3) is 0 Å². The number of hydrogen-bond acceptors (Lipinski definition) is 5. The molecular weight excluding hydrogens is 446 g/mol. The molecule has 9 heteroatoms. The third kappa shape index (κ3) is 7.97. The normalized spacial score (nSPS) is 17.3. The summed E-state index contributed by atoms with van der Waals surface area (Å²) in [5, 5.41) is 0. The van der Waals surface area contributed by atoms with Gasteiger partial charge in [0.15, 0.2) is 0 Å². The topological polar surface area (TPSA) is 95.6 Å². The van der Waals surface area contributed by atoms with Crippen molar-refractivity contribution in [2.24, 2.45) is 0 Å². The molecule has 1 fully saturated rings. The molecule has 1 saturated heterocycles. The number of rotatable bonds is 11. The van der Waals surface area contributed by atoms with Gasteiger partial charge in [-0.1, -0.05) is 48.5 Å². The van der Waals surface area contributed by atoms with Crippen LogP contribution in [0.4, 0.5) is 0 Å². The SMILES string of the molecule is CS(=O)(=O)NC1CCN(CCC(CCNS(=O)(=O)c2ccccc2)c2ccccc2)CC1. The minimum absolute atomic E-state index is 0.0126. The van der Waals surface area contributed by atoms with Crippen molar-refractivity contribution in [1.29, 1.82) is 0 Å². The summed E-state index contributed by atoms with van der Waals surface area (Å²) in [5.41, 5.74) is 1.21. The summed E-state index contributed by atoms with van der Waals surface area (Å²) >= 11 is 0. The molecule has 7 nitrogen and oxygen atoms in total. The van der Waals surface area contributed by atoms with Crippen molar-refractivity contribution in [1.82, 2.24) is 14.3 Å². The summed E-state index contributed by atoms with van der Waals surface area (Å²) in [6, 6.07) is 18.6. The van der Waals surface area contributed by atoms with Crippen molar-refractivity contribution in [3.63, 3.8) is 0 Å². The van der Waals surface area contributed by atoms with E-state index in [1.807, 2.05) is 18.2 Å². The Hall–Kier alpha value is -1.78. The molecule has 0 spiro atoms. The molecule has 2 aromatic carbocycles. The Kier molecular flexibility index (Phi) is 8.84. The molecular formula is C23H33N3O4S2. The first-order valence-corrected chi connectivity index (χ1v) is 14.4. The molecule has 1 aliphatic rings. The maximum atomic E-state index is 12.5. The Balaban J connectivity index is 1.53. The van der Waals surface area contributed by atoms with Gasteiger partial charge < -0.3 is 4.90 Å². The number of piperidine rings is 1. The van der Waals surface area contributed by atoms with E-state index in [0.717, 1.165) is 38.9 Å². The van der Waals surface area contributed by atoms with Crippen molar-refractivity contribution in [2.75, 3.05) is 32.4 Å². The molecule has 32 heavy (non-hydrogen) atoms. The van der Waals surface area contributed by atoms with Crippen LogP contribution in [0.15, 0.2) is 65.6 Å². The fourth-order valence-corrected chi connectivity index (χ4v) is 6.08. The number of nitrogens with one attached hydrogen (secondary N) is 2. The van der Waals surface area contributed by atoms with Gasteiger partial charge in [-0.2, -0.15) is 0 Å². The zero-order valence-electron chi connectivity index (χ0n) is 18.5. The van der Waals surface area contributed by atoms with Gasteiger partial charge in [0.2, 0.25) is 20.0 Å². The predicted octanol–water partition coefficient (Wildman–Crippen LogP) is 2.54. The van der Waals surface area contributed by atoms with E-state index in [1.165, 1.54) is 11.8 Å². The molecule has 2 aromatic rings. The van der Waals surface area contributed by atoms with Crippen molar-refractivity contribution >= 4 is 20.0 Å². The van der Waals surface area contributed by atoms with Gasteiger partial charge in [-0.3, -0.25) is 0 Å². The van der Waals surface area contributed by atoms with Crippen LogP contribution in [-0.2, 0) is 20.0 Å². The quantitative estimate of drug-likeness (QED) is 0.516. The van der Waals surface area contributed by atoms with Crippen LogP contribution in [0.1, 0.15) is 37.2 Å². The molecule has 0 aliphatic carbocycles. The van der Waals surface area contributed by atoms with E-state index < -0.39 is 20.0 Å². The molecule has 176 valence electrons. The molecule has 0 aromatic heterocycles. The second-order valence-corrected chi connectivity index (χ2v) is 11.9. The summed E-state index contributed by atoms with van der Waals surface area (Å²) in [7, 11) is -6.68. The van der Waals surface area contributed by atoms with Gasteiger partial charge in [0.25, 0.3) is 0 Å². The number of benzene rings is 2. The number of hydrogen-bond donors (Lipinski definition) is 2. The largest absolute Gasteiger partial charge is 0.303 e. The van der Waals surface area contributed by atoms with Gasteiger partial charge in [0, 0.05) is 12.6 Å².